The summed E-state index contributed by atoms with van der Waals surface area (Å²) in [6, 6.07) is 15.2. The molecule has 4 rings (SSSR count). The van der Waals surface area contributed by atoms with Gasteiger partial charge in [0.25, 0.3) is 0 Å². The number of carboxylic acid groups (broad SMARTS) is 1. The third kappa shape index (κ3) is 4.59. The summed E-state index contributed by atoms with van der Waals surface area (Å²) < 4.78 is 7.79. The molecule has 0 atom stereocenters. The van der Waals surface area contributed by atoms with Crippen molar-refractivity contribution < 1.29 is 14.6 Å². The Morgan fingerprint density at radius 3 is 2.73 bits per heavy atom. The van der Waals surface area contributed by atoms with E-state index in [2.05, 4.69) is 44.2 Å². The van der Waals surface area contributed by atoms with Gasteiger partial charge >= 0.3 is 5.97 Å². The number of nitrogens with one attached hydrogen (secondary N) is 2. The second-order valence-electron chi connectivity index (χ2n) is 7.65. The van der Waals surface area contributed by atoms with E-state index in [0.29, 0.717) is 30.3 Å². The van der Waals surface area contributed by atoms with Gasteiger partial charge in [0.1, 0.15) is 17.9 Å². The monoisotopic (exact) mass is 445 g/mol. The highest BCUT2D eigenvalue weighted by Crippen LogP contribution is 2.29. The standard InChI is InChI=1S/C25H27N5O3/c1-4-26-21-13-17(8-9-19(21)25(31)32)20-14-23(29-15-28-20)27-10-11-30-16(2)12-18-6-5-7-22(33-3)24(18)30/h5-9,12-15,26H,4,10-11H2,1-3H3,(H,31,32)(H,27,28,29). The Labute approximate surface area is 192 Å². The molecule has 0 saturated heterocycles. The molecule has 170 valence electrons. The molecular formula is C25H27N5O3. The Balaban J connectivity index is 1.52. The number of hydrogen-bond donors (Lipinski definition) is 3. The summed E-state index contributed by atoms with van der Waals surface area (Å²) >= 11 is 0. The van der Waals surface area contributed by atoms with E-state index in [0.717, 1.165) is 34.5 Å². The molecule has 0 aliphatic heterocycles. The molecule has 4 aromatic rings. The lowest BCUT2D eigenvalue weighted by atomic mass is 10.1. The van der Waals surface area contributed by atoms with Crippen molar-refractivity contribution in [3.8, 4) is 17.0 Å². The number of hydrogen-bond acceptors (Lipinski definition) is 6. The van der Waals surface area contributed by atoms with Crippen LogP contribution in [-0.4, -0.2) is 45.8 Å². The summed E-state index contributed by atoms with van der Waals surface area (Å²) in [6.07, 6.45) is 1.51. The predicted octanol–water partition coefficient (Wildman–Crippen LogP) is 4.66. The molecule has 2 aromatic carbocycles. The summed E-state index contributed by atoms with van der Waals surface area (Å²) in [6.45, 7) is 6.05. The zero-order chi connectivity index (χ0) is 23.4. The van der Waals surface area contributed by atoms with Crippen molar-refractivity contribution in [2.45, 2.75) is 20.4 Å². The maximum absolute atomic E-state index is 11.5. The number of para-hydroxylation sites is 1. The number of nitrogens with zero attached hydrogens (tertiary/aromatic N) is 3. The normalized spacial score (nSPS) is 10.9. The lowest BCUT2D eigenvalue weighted by Crippen LogP contribution is -2.12. The molecule has 0 aliphatic carbocycles. The van der Waals surface area contributed by atoms with Crippen molar-refractivity contribution in [3.63, 3.8) is 0 Å². The van der Waals surface area contributed by atoms with Crippen LogP contribution in [0.3, 0.4) is 0 Å². The minimum atomic E-state index is -0.966. The fourth-order valence-corrected chi connectivity index (χ4v) is 4.01. The van der Waals surface area contributed by atoms with E-state index in [4.69, 9.17) is 4.74 Å². The molecular weight excluding hydrogens is 418 g/mol. The SMILES string of the molecule is CCNc1cc(-c2cc(NCCn3c(C)cc4cccc(OC)c43)ncn2)ccc1C(=O)O. The summed E-state index contributed by atoms with van der Waals surface area (Å²) in [4.78, 5) is 20.2. The lowest BCUT2D eigenvalue weighted by molar-refractivity contribution is 0.0698. The number of aromatic nitrogens is 3. The van der Waals surface area contributed by atoms with Gasteiger partial charge in [-0.05, 0) is 38.1 Å². The Morgan fingerprint density at radius 1 is 1.12 bits per heavy atom. The van der Waals surface area contributed by atoms with E-state index in [1.165, 1.54) is 6.33 Å². The molecule has 0 spiro atoms. The Kier molecular flexibility index (Phi) is 6.44. The molecule has 0 bridgehead atoms. The van der Waals surface area contributed by atoms with E-state index in [1.807, 2.05) is 25.1 Å². The van der Waals surface area contributed by atoms with Gasteiger partial charge in [0, 0.05) is 48.0 Å². The van der Waals surface area contributed by atoms with Crippen molar-refractivity contribution in [2.24, 2.45) is 0 Å². The van der Waals surface area contributed by atoms with Crippen LogP contribution in [0.1, 0.15) is 23.0 Å². The van der Waals surface area contributed by atoms with Crippen LogP contribution < -0.4 is 15.4 Å². The minimum absolute atomic E-state index is 0.234. The molecule has 0 fully saturated rings. The average Bonchev–Trinajstić information content (AvgIpc) is 3.14. The number of fused-ring (bicyclic) bond motifs is 1. The van der Waals surface area contributed by atoms with Crippen molar-refractivity contribution >= 4 is 28.4 Å². The summed E-state index contributed by atoms with van der Waals surface area (Å²) in [5.41, 5.74) is 4.58. The topological polar surface area (TPSA) is 101 Å². The van der Waals surface area contributed by atoms with Crippen molar-refractivity contribution in [3.05, 3.63) is 66.1 Å². The molecule has 0 saturated carbocycles. The van der Waals surface area contributed by atoms with Crippen LogP contribution in [0.25, 0.3) is 22.2 Å². The number of anilines is 2. The van der Waals surface area contributed by atoms with Crippen LogP contribution in [-0.2, 0) is 6.54 Å². The van der Waals surface area contributed by atoms with Crippen LogP contribution in [0.2, 0.25) is 0 Å². The molecule has 0 amide bonds. The Hall–Kier alpha value is -4.07. The Morgan fingerprint density at radius 2 is 1.97 bits per heavy atom. The first-order chi connectivity index (χ1) is 16.0. The van der Waals surface area contributed by atoms with Crippen molar-refractivity contribution in [1.29, 1.82) is 0 Å². The molecule has 8 nitrogen and oxygen atoms in total. The van der Waals surface area contributed by atoms with Crippen LogP contribution >= 0.6 is 0 Å². The van der Waals surface area contributed by atoms with E-state index < -0.39 is 5.97 Å². The van der Waals surface area contributed by atoms with Crippen LogP contribution in [0, 0.1) is 6.92 Å². The summed E-state index contributed by atoms with van der Waals surface area (Å²) in [7, 11) is 1.69. The third-order valence-electron chi connectivity index (χ3n) is 5.53. The first-order valence-electron chi connectivity index (χ1n) is 10.8. The number of aryl methyl sites for hydroxylation is 1. The first-order valence-corrected chi connectivity index (χ1v) is 10.8. The maximum Gasteiger partial charge on any atom is 0.337 e. The number of rotatable bonds is 9. The first kappa shape index (κ1) is 22.1. The van der Waals surface area contributed by atoms with Crippen LogP contribution in [0.5, 0.6) is 5.75 Å². The lowest BCUT2D eigenvalue weighted by Gasteiger charge is -2.13. The second kappa shape index (κ2) is 9.60. The number of benzene rings is 2. The largest absolute Gasteiger partial charge is 0.495 e. The number of carboxylic acids is 1. The van der Waals surface area contributed by atoms with Crippen molar-refractivity contribution in [2.75, 3.05) is 30.8 Å². The van der Waals surface area contributed by atoms with Gasteiger partial charge in [-0.15, -0.1) is 0 Å². The number of aromatic carboxylic acids is 1. The van der Waals surface area contributed by atoms with E-state index in [9.17, 15) is 9.90 Å². The van der Waals surface area contributed by atoms with E-state index in [-0.39, 0.29) is 5.56 Å². The van der Waals surface area contributed by atoms with E-state index in [1.54, 1.807) is 25.3 Å². The number of methoxy groups -OCH3 is 1. The Bertz CT molecular complexity index is 1300. The molecule has 2 heterocycles. The summed E-state index contributed by atoms with van der Waals surface area (Å²) in [5.74, 6) is 0.589. The van der Waals surface area contributed by atoms with Crippen LogP contribution in [0.4, 0.5) is 11.5 Å². The fraction of sp³-hybridized carbons (Fsp3) is 0.240. The highest BCUT2D eigenvalue weighted by atomic mass is 16.5. The van der Waals surface area contributed by atoms with Gasteiger partial charge in [-0.1, -0.05) is 18.2 Å². The fourth-order valence-electron chi connectivity index (χ4n) is 4.01. The predicted molar refractivity (Wildman–Crippen MR) is 130 cm³/mol. The molecule has 2 aromatic heterocycles. The second-order valence-corrected chi connectivity index (χ2v) is 7.65. The molecule has 8 heteroatoms. The zero-order valence-corrected chi connectivity index (χ0v) is 18.9. The summed E-state index contributed by atoms with van der Waals surface area (Å²) in [5, 5.41) is 17.0. The van der Waals surface area contributed by atoms with Crippen LogP contribution in [0.15, 0.2) is 54.9 Å². The maximum atomic E-state index is 11.5. The zero-order valence-electron chi connectivity index (χ0n) is 18.9. The van der Waals surface area contributed by atoms with Gasteiger partial charge in [-0.25, -0.2) is 14.8 Å². The number of ether oxygens (including phenoxy) is 1. The van der Waals surface area contributed by atoms with Gasteiger partial charge in [0.15, 0.2) is 0 Å². The van der Waals surface area contributed by atoms with E-state index >= 15 is 0 Å². The third-order valence-corrected chi connectivity index (χ3v) is 5.53. The van der Waals surface area contributed by atoms with Gasteiger partial charge in [0.2, 0.25) is 0 Å². The molecule has 0 radical (unpaired) electrons. The van der Waals surface area contributed by atoms with Gasteiger partial charge < -0.3 is 25.0 Å². The van der Waals surface area contributed by atoms with Crippen molar-refractivity contribution in [1.82, 2.24) is 14.5 Å². The molecule has 3 N–H and O–H groups in total. The highest BCUT2D eigenvalue weighted by molar-refractivity contribution is 5.95. The molecule has 0 aliphatic rings. The quantitative estimate of drug-likeness (QED) is 0.344. The van der Waals surface area contributed by atoms with Gasteiger partial charge in [-0.3, -0.25) is 0 Å². The van der Waals surface area contributed by atoms with Gasteiger partial charge in [-0.2, -0.15) is 0 Å². The minimum Gasteiger partial charge on any atom is -0.495 e. The van der Waals surface area contributed by atoms with Gasteiger partial charge in [0.05, 0.1) is 23.9 Å². The molecule has 33 heavy (non-hydrogen) atoms. The molecule has 0 unspecified atom stereocenters. The smallest absolute Gasteiger partial charge is 0.337 e. The number of carbonyl (C=O) groups is 1. The highest BCUT2D eigenvalue weighted by Gasteiger charge is 2.13. The average molecular weight is 446 g/mol.